The second-order valence-corrected chi connectivity index (χ2v) is 8.62. The molecule has 2 aromatic carbocycles. The van der Waals surface area contributed by atoms with Crippen LogP contribution in [0.4, 0.5) is 0 Å². The zero-order valence-corrected chi connectivity index (χ0v) is 19.9. The minimum absolute atomic E-state index is 0.0117. The standard InChI is InChI=1S/C26H28N2O7/c1-27(2)11-4-12-28-22(16-5-7-17(8-6-16)26(32)33-3)21(24(30)25(28)31)23(29)18-9-10-19-20(15-18)35-14-13-34-19/h5-10,15,22,29H,4,11-14H2,1-3H3/b23-21+/t22-/m1/s1. The molecule has 2 aliphatic heterocycles. The molecule has 2 aromatic rings. The van der Waals surface area contributed by atoms with Gasteiger partial charge in [0.1, 0.15) is 19.0 Å². The van der Waals surface area contributed by atoms with E-state index in [0.29, 0.717) is 54.4 Å². The molecule has 0 unspecified atom stereocenters. The molecule has 1 amide bonds. The van der Waals surface area contributed by atoms with Crippen LogP contribution in [0.1, 0.15) is 33.9 Å². The van der Waals surface area contributed by atoms with Gasteiger partial charge in [0.05, 0.1) is 24.3 Å². The highest BCUT2D eigenvalue weighted by Gasteiger charge is 2.45. The van der Waals surface area contributed by atoms with Gasteiger partial charge >= 0.3 is 5.97 Å². The first kappa shape index (κ1) is 24.3. The number of aliphatic hydroxyl groups is 1. The second-order valence-electron chi connectivity index (χ2n) is 8.62. The van der Waals surface area contributed by atoms with E-state index in [9.17, 15) is 19.5 Å². The van der Waals surface area contributed by atoms with Crippen molar-refractivity contribution in [2.45, 2.75) is 12.5 Å². The summed E-state index contributed by atoms with van der Waals surface area (Å²) in [4.78, 5) is 41.6. The Morgan fingerprint density at radius 3 is 2.37 bits per heavy atom. The van der Waals surface area contributed by atoms with Gasteiger partial charge in [0.15, 0.2) is 11.5 Å². The van der Waals surface area contributed by atoms with Crippen LogP contribution in [0.25, 0.3) is 5.76 Å². The van der Waals surface area contributed by atoms with Gasteiger partial charge in [-0.3, -0.25) is 9.59 Å². The van der Waals surface area contributed by atoms with Gasteiger partial charge < -0.3 is 29.1 Å². The fourth-order valence-electron chi connectivity index (χ4n) is 4.28. The van der Waals surface area contributed by atoms with Crippen LogP contribution in [0.15, 0.2) is 48.0 Å². The molecule has 2 aliphatic rings. The Hall–Kier alpha value is -3.85. The van der Waals surface area contributed by atoms with E-state index < -0.39 is 23.7 Å². The third-order valence-corrected chi connectivity index (χ3v) is 6.01. The second kappa shape index (κ2) is 10.2. The fraction of sp³-hybridized carbons (Fsp3) is 0.346. The highest BCUT2D eigenvalue weighted by Crippen LogP contribution is 2.41. The average Bonchev–Trinajstić information content (AvgIpc) is 3.12. The van der Waals surface area contributed by atoms with Crippen LogP contribution in [-0.2, 0) is 14.3 Å². The van der Waals surface area contributed by atoms with Crippen LogP contribution in [0.5, 0.6) is 11.5 Å². The van der Waals surface area contributed by atoms with Gasteiger partial charge in [0.25, 0.3) is 11.7 Å². The van der Waals surface area contributed by atoms with Crippen LogP contribution >= 0.6 is 0 Å². The normalized spacial score (nSPS) is 18.7. The van der Waals surface area contributed by atoms with Crippen molar-refractivity contribution in [1.82, 2.24) is 9.80 Å². The van der Waals surface area contributed by atoms with E-state index in [1.165, 1.54) is 12.0 Å². The molecule has 35 heavy (non-hydrogen) atoms. The number of fused-ring (bicyclic) bond motifs is 1. The molecule has 0 aromatic heterocycles. The number of methoxy groups -OCH3 is 1. The summed E-state index contributed by atoms with van der Waals surface area (Å²) in [6.07, 6.45) is 0.640. The Morgan fingerprint density at radius 1 is 1.06 bits per heavy atom. The topological polar surface area (TPSA) is 106 Å². The number of ketones is 1. The number of carbonyl (C=O) groups excluding carboxylic acids is 3. The summed E-state index contributed by atoms with van der Waals surface area (Å²) in [7, 11) is 5.15. The molecule has 0 aliphatic carbocycles. The maximum atomic E-state index is 13.2. The predicted molar refractivity (Wildman–Crippen MR) is 127 cm³/mol. The number of amides is 1. The Labute approximate surface area is 203 Å². The number of esters is 1. The first-order valence-corrected chi connectivity index (χ1v) is 11.3. The third-order valence-electron chi connectivity index (χ3n) is 6.01. The van der Waals surface area contributed by atoms with Crippen molar-refractivity contribution < 1.29 is 33.7 Å². The Kier molecular flexibility index (Phi) is 7.07. The van der Waals surface area contributed by atoms with E-state index in [4.69, 9.17) is 14.2 Å². The van der Waals surface area contributed by atoms with E-state index in [2.05, 4.69) is 0 Å². The zero-order chi connectivity index (χ0) is 25.1. The SMILES string of the molecule is COC(=O)c1ccc([C@@H]2/C(=C(\O)c3ccc4c(c3)OCCO4)C(=O)C(=O)N2CCCN(C)C)cc1. The molecule has 1 N–H and O–H groups in total. The zero-order valence-electron chi connectivity index (χ0n) is 19.9. The number of ether oxygens (including phenoxy) is 3. The molecule has 9 nitrogen and oxygen atoms in total. The Balaban J connectivity index is 1.77. The van der Waals surface area contributed by atoms with Gasteiger partial charge in [-0.2, -0.15) is 0 Å². The maximum absolute atomic E-state index is 13.2. The van der Waals surface area contributed by atoms with Gasteiger partial charge in [0, 0.05) is 12.1 Å². The maximum Gasteiger partial charge on any atom is 0.337 e. The minimum Gasteiger partial charge on any atom is -0.507 e. The number of hydrogen-bond acceptors (Lipinski definition) is 8. The lowest BCUT2D eigenvalue weighted by atomic mass is 9.94. The van der Waals surface area contributed by atoms with Crippen molar-refractivity contribution in [3.63, 3.8) is 0 Å². The lowest BCUT2D eigenvalue weighted by Gasteiger charge is -2.26. The first-order chi connectivity index (χ1) is 16.8. The van der Waals surface area contributed by atoms with Gasteiger partial charge in [-0.1, -0.05) is 12.1 Å². The molecular weight excluding hydrogens is 452 g/mol. The number of hydrogen-bond donors (Lipinski definition) is 1. The van der Waals surface area contributed by atoms with E-state index in [1.807, 2.05) is 19.0 Å². The number of nitrogens with zero attached hydrogens (tertiary/aromatic N) is 2. The van der Waals surface area contributed by atoms with Crippen LogP contribution < -0.4 is 9.47 Å². The summed E-state index contributed by atoms with van der Waals surface area (Å²) in [5, 5.41) is 11.3. The van der Waals surface area contributed by atoms with E-state index in [0.717, 1.165) is 6.54 Å². The van der Waals surface area contributed by atoms with Crippen molar-refractivity contribution >= 4 is 23.4 Å². The summed E-state index contributed by atoms with van der Waals surface area (Å²) in [5.74, 6) is -1.22. The summed E-state index contributed by atoms with van der Waals surface area (Å²) in [5.41, 5.74) is 1.27. The van der Waals surface area contributed by atoms with Crippen molar-refractivity contribution in [2.24, 2.45) is 0 Å². The summed E-state index contributed by atoms with van der Waals surface area (Å²) in [6.45, 7) is 1.85. The molecular formula is C26H28N2O7. The molecule has 184 valence electrons. The summed E-state index contributed by atoms with van der Waals surface area (Å²) < 4.78 is 15.9. The summed E-state index contributed by atoms with van der Waals surface area (Å²) in [6, 6.07) is 10.6. The molecule has 0 saturated carbocycles. The number of carbonyl (C=O) groups is 3. The monoisotopic (exact) mass is 480 g/mol. The van der Waals surface area contributed by atoms with Crippen molar-refractivity contribution in [1.29, 1.82) is 0 Å². The number of aliphatic hydroxyl groups excluding tert-OH is 1. The molecule has 2 heterocycles. The third kappa shape index (κ3) is 4.85. The molecule has 1 saturated heterocycles. The first-order valence-electron chi connectivity index (χ1n) is 11.3. The summed E-state index contributed by atoms with van der Waals surface area (Å²) >= 11 is 0. The molecule has 0 radical (unpaired) electrons. The Bertz CT molecular complexity index is 1170. The van der Waals surface area contributed by atoms with E-state index in [1.54, 1.807) is 42.5 Å². The molecule has 0 spiro atoms. The average molecular weight is 481 g/mol. The smallest absolute Gasteiger partial charge is 0.337 e. The fourth-order valence-corrected chi connectivity index (χ4v) is 4.28. The van der Waals surface area contributed by atoms with Gasteiger partial charge in [-0.25, -0.2) is 4.79 Å². The van der Waals surface area contributed by atoms with Gasteiger partial charge in [-0.05, 0) is 63.0 Å². The van der Waals surface area contributed by atoms with Crippen LogP contribution in [0, 0.1) is 0 Å². The quantitative estimate of drug-likeness (QED) is 0.279. The Morgan fingerprint density at radius 2 is 1.71 bits per heavy atom. The van der Waals surface area contributed by atoms with Gasteiger partial charge in [-0.15, -0.1) is 0 Å². The van der Waals surface area contributed by atoms with E-state index in [-0.39, 0.29) is 11.3 Å². The predicted octanol–water partition coefficient (Wildman–Crippen LogP) is 2.62. The molecule has 1 atom stereocenters. The molecule has 9 heteroatoms. The lowest BCUT2D eigenvalue weighted by Crippen LogP contribution is -2.32. The molecule has 4 rings (SSSR count). The number of likely N-dealkylation sites (tertiary alicyclic amines) is 1. The number of rotatable bonds is 7. The van der Waals surface area contributed by atoms with Crippen molar-refractivity contribution in [2.75, 3.05) is 47.5 Å². The van der Waals surface area contributed by atoms with E-state index >= 15 is 0 Å². The number of Topliss-reactive ketones (excluding diaryl/α,β-unsaturated/α-hetero) is 1. The van der Waals surface area contributed by atoms with Crippen molar-refractivity contribution in [3.05, 3.63) is 64.7 Å². The van der Waals surface area contributed by atoms with Crippen LogP contribution in [0.3, 0.4) is 0 Å². The number of benzene rings is 2. The van der Waals surface area contributed by atoms with Gasteiger partial charge in [0.2, 0.25) is 0 Å². The lowest BCUT2D eigenvalue weighted by molar-refractivity contribution is -0.139. The molecule has 1 fully saturated rings. The molecule has 0 bridgehead atoms. The minimum atomic E-state index is -0.808. The highest BCUT2D eigenvalue weighted by molar-refractivity contribution is 6.46. The largest absolute Gasteiger partial charge is 0.507 e. The van der Waals surface area contributed by atoms with Crippen LogP contribution in [-0.4, -0.2) is 80.1 Å². The van der Waals surface area contributed by atoms with Crippen LogP contribution in [0.2, 0.25) is 0 Å². The highest BCUT2D eigenvalue weighted by atomic mass is 16.6. The van der Waals surface area contributed by atoms with Crippen molar-refractivity contribution in [3.8, 4) is 11.5 Å².